The van der Waals surface area contributed by atoms with Crippen molar-refractivity contribution in [2.75, 3.05) is 33.5 Å². The van der Waals surface area contributed by atoms with Crippen LogP contribution in [0.4, 0.5) is 0 Å². The maximum Gasteiger partial charge on any atom is 0.324 e. The number of methoxy groups -OCH3 is 1. The van der Waals surface area contributed by atoms with Gasteiger partial charge in [-0.25, -0.2) is 0 Å². The second-order valence-electron chi connectivity index (χ2n) is 5.88. The number of hydrogen-bond acceptors (Lipinski definition) is 5. The molecule has 0 spiro atoms. The molecule has 0 amide bonds. The van der Waals surface area contributed by atoms with Gasteiger partial charge in [0.25, 0.3) is 0 Å². The molecule has 1 fully saturated rings. The molecule has 6 heteroatoms. The van der Waals surface area contributed by atoms with Crippen LogP contribution >= 0.6 is 0 Å². The number of rotatable bonds is 11. The van der Waals surface area contributed by atoms with Crippen LogP contribution in [0.3, 0.4) is 0 Å². The third kappa shape index (κ3) is 6.30. The number of ether oxygens (including phenoxy) is 3. The first kappa shape index (κ1) is 18.4. The van der Waals surface area contributed by atoms with Crippen LogP contribution in [-0.4, -0.2) is 62.3 Å². The van der Waals surface area contributed by atoms with Crippen molar-refractivity contribution < 1.29 is 24.1 Å². The van der Waals surface area contributed by atoms with Gasteiger partial charge in [-0.15, -0.1) is 0 Å². The van der Waals surface area contributed by atoms with Gasteiger partial charge >= 0.3 is 5.97 Å². The second kappa shape index (κ2) is 9.35. The molecule has 1 saturated carbocycles. The summed E-state index contributed by atoms with van der Waals surface area (Å²) in [6.07, 6.45) is 2.78. The van der Waals surface area contributed by atoms with Crippen molar-refractivity contribution in [2.45, 2.75) is 57.2 Å². The smallest absolute Gasteiger partial charge is 0.324 e. The Bertz CT molecular complexity index is 310. The minimum Gasteiger partial charge on any atom is -0.480 e. The van der Waals surface area contributed by atoms with Crippen LogP contribution in [0.25, 0.3) is 0 Å². The number of hydrogen-bond donors (Lipinski definition) is 2. The first-order valence-corrected chi connectivity index (χ1v) is 7.69. The predicted molar refractivity (Wildman–Crippen MR) is 79.5 cm³/mol. The Hall–Kier alpha value is -0.690. The minimum absolute atomic E-state index is 0.0197. The molecule has 2 unspecified atom stereocenters. The van der Waals surface area contributed by atoms with E-state index >= 15 is 0 Å². The van der Waals surface area contributed by atoms with Crippen molar-refractivity contribution in [3.05, 3.63) is 0 Å². The summed E-state index contributed by atoms with van der Waals surface area (Å²) in [6.45, 7) is 6.39. The molecule has 0 heterocycles. The van der Waals surface area contributed by atoms with Crippen molar-refractivity contribution in [3.8, 4) is 0 Å². The molecule has 0 aromatic carbocycles. The largest absolute Gasteiger partial charge is 0.480 e. The molecule has 0 aliphatic heterocycles. The van der Waals surface area contributed by atoms with E-state index in [0.717, 1.165) is 12.8 Å². The molecule has 0 radical (unpaired) electrons. The summed E-state index contributed by atoms with van der Waals surface area (Å²) >= 11 is 0. The van der Waals surface area contributed by atoms with Gasteiger partial charge in [0.2, 0.25) is 0 Å². The molecule has 21 heavy (non-hydrogen) atoms. The maximum absolute atomic E-state index is 11.5. The third-order valence-electron chi connectivity index (χ3n) is 3.66. The average Bonchev–Trinajstić information content (AvgIpc) is 2.81. The highest BCUT2D eigenvalue weighted by atomic mass is 16.5. The van der Waals surface area contributed by atoms with Gasteiger partial charge in [-0.05, 0) is 33.1 Å². The summed E-state index contributed by atoms with van der Waals surface area (Å²) in [6, 6.07) is 0.147. The van der Waals surface area contributed by atoms with Gasteiger partial charge in [0, 0.05) is 32.8 Å². The number of carboxylic acids is 1. The van der Waals surface area contributed by atoms with E-state index in [4.69, 9.17) is 14.2 Å². The van der Waals surface area contributed by atoms with E-state index in [1.165, 1.54) is 0 Å². The summed E-state index contributed by atoms with van der Waals surface area (Å²) in [4.78, 5) is 11.5. The number of carbonyl (C=O) groups is 1. The van der Waals surface area contributed by atoms with Crippen molar-refractivity contribution >= 4 is 5.97 Å². The molecule has 6 nitrogen and oxygen atoms in total. The van der Waals surface area contributed by atoms with E-state index in [1.807, 2.05) is 13.8 Å². The van der Waals surface area contributed by atoms with Crippen LogP contribution in [0.15, 0.2) is 0 Å². The van der Waals surface area contributed by atoms with Gasteiger partial charge in [0.05, 0.1) is 19.3 Å². The van der Waals surface area contributed by atoms with Crippen LogP contribution in [-0.2, 0) is 19.0 Å². The van der Waals surface area contributed by atoms with Crippen molar-refractivity contribution in [3.63, 3.8) is 0 Å². The molecule has 1 rings (SSSR count). The predicted octanol–water partition coefficient (Wildman–Crippen LogP) is 1.43. The minimum atomic E-state index is -0.826. The number of aliphatic carboxylic acids is 1. The summed E-state index contributed by atoms with van der Waals surface area (Å²) in [7, 11) is 1.65. The lowest BCUT2D eigenvalue weighted by Gasteiger charge is -2.28. The molecular formula is C15H29NO5. The van der Waals surface area contributed by atoms with E-state index in [0.29, 0.717) is 39.3 Å². The van der Waals surface area contributed by atoms with Gasteiger partial charge in [0.15, 0.2) is 0 Å². The van der Waals surface area contributed by atoms with E-state index < -0.39 is 11.5 Å². The quantitative estimate of drug-likeness (QED) is 0.562. The van der Waals surface area contributed by atoms with Crippen LogP contribution in [0.2, 0.25) is 0 Å². The second-order valence-corrected chi connectivity index (χ2v) is 5.88. The fourth-order valence-corrected chi connectivity index (χ4v) is 2.74. The van der Waals surface area contributed by atoms with E-state index in [-0.39, 0.29) is 12.1 Å². The Balaban J connectivity index is 2.22. The SMILES string of the molecule is COCCOCCCOC1CCC(NC(C)C)(C(=O)O)C1. The summed E-state index contributed by atoms with van der Waals surface area (Å²) in [5, 5.41) is 12.7. The highest BCUT2D eigenvalue weighted by Gasteiger charge is 2.46. The number of carboxylic acid groups (broad SMARTS) is 1. The lowest BCUT2D eigenvalue weighted by Crippen LogP contribution is -2.53. The number of nitrogens with one attached hydrogen (secondary N) is 1. The molecule has 1 aliphatic rings. The lowest BCUT2D eigenvalue weighted by molar-refractivity contribution is -0.145. The highest BCUT2D eigenvalue weighted by molar-refractivity contribution is 5.79. The van der Waals surface area contributed by atoms with E-state index in [1.54, 1.807) is 7.11 Å². The van der Waals surface area contributed by atoms with E-state index in [2.05, 4.69) is 5.32 Å². The van der Waals surface area contributed by atoms with Crippen molar-refractivity contribution in [2.24, 2.45) is 0 Å². The molecule has 1 aliphatic carbocycles. The molecule has 0 bridgehead atoms. The first-order chi connectivity index (χ1) is 10.00. The fourth-order valence-electron chi connectivity index (χ4n) is 2.74. The zero-order valence-corrected chi connectivity index (χ0v) is 13.4. The standard InChI is InChI=1S/C15H29NO5/c1-12(2)16-15(14(17)18)6-5-13(11-15)21-8-4-7-20-10-9-19-3/h12-13,16H,4-11H2,1-3H3,(H,17,18). The molecule has 0 saturated heterocycles. The van der Waals surface area contributed by atoms with Gasteiger partial charge in [-0.1, -0.05) is 0 Å². The fraction of sp³-hybridized carbons (Fsp3) is 0.933. The zero-order valence-electron chi connectivity index (χ0n) is 13.4. The average molecular weight is 303 g/mol. The van der Waals surface area contributed by atoms with Gasteiger partial charge in [-0.3, -0.25) is 10.1 Å². The molecular weight excluding hydrogens is 274 g/mol. The summed E-state index contributed by atoms with van der Waals surface area (Å²) < 4.78 is 16.0. The van der Waals surface area contributed by atoms with Crippen molar-refractivity contribution in [1.29, 1.82) is 0 Å². The highest BCUT2D eigenvalue weighted by Crippen LogP contribution is 2.32. The summed E-state index contributed by atoms with van der Waals surface area (Å²) in [5.74, 6) is -0.773. The monoisotopic (exact) mass is 303 g/mol. The summed E-state index contributed by atoms with van der Waals surface area (Å²) in [5.41, 5.74) is -0.826. The Morgan fingerprint density at radius 3 is 2.71 bits per heavy atom. The van der Waals surface area contributed by atoms with Gasteiger partial charge in [-0.2, -0.15) is 0 Å². The lowest BCUT2D eigenvalue weighted by atomic mass is 9.96. The van der Waals surface area contributed by atoms with E-state index in [9.17, 15) is 9.90 Å². The Kier molecular flexibility index (Phi) is 8.18. The van der Waals surface area contributed by atoms with Crippen molar-refractivity contribution in [1.82, 2.24) is 5.32 Å². The maximum atomic E-state index is 11.5. The third-order valence-corrected chi connectivity index (χ3v) is 3.66. The van der Waals surface area contributed by atoms with Gasteiger partial charge in [0.1, 0.15) is 5.54 Å². The Morgan fingerprint density at radius 1 is 1.33 bits per heavy atom. The molecule has 0 aromatic rings. The van der Waals surface area contributed by atoms with Gasteiger partial charge < -0.3 is 19.3 Å². The molecule has 124 valence electrons. The Morgan fingerprint density at radius 2 is 2.10 bits per heavy atom. The zero-order chi connectivity index (χ0) is 15.7. The van der Waals surface area contributed by atoms with Crippen LogP contribution in [0, 0.1) is 0 Å². The Labute approximate surface area is 127 Å². The van der Waals surface area contributed by atoms with Crippen LogP contribution in [0.5, 0.6) is 0 Å². The van der Waals surface area contributed by atoms with Crippen LogP contribution < -0.4 is 5.32 Å². The first-order valence-electron chi connectivity index (χ1n) is 7.69. The normalized spacial score (nSPS) is 25.6. The van der Waals surface area contributed by atoms with Crippen LogP contribution in [0.1, 0.15) is 39.5 Å². The molecule has 0 aromatic heterocycles. The topological polar surface area (TPSA) is 77.0 Å². The molecule has 2 atom stereocenters. The molecule has 2 N–H and O–H groups in total.